The van der Waals surface area contributed by atoms with Gasteiger partial charge in [0.2, 0.25) is 0 Å². The van der Waals surface area contributed by atoms with E-state index in [1.165, 1.54) is 19.2 Å². The van der Waals surface area contributed by atoms with Gasteiger partial charge in [-0.15, -0.1) is 0 Å². The van der Waals surface area contributed by atoms with Gasteiger partial charge in [-0.25, -0.2) is 9.97 Å². The van der Waals surface area contributed by atoms with Crippen molar-refractivity contribution in [2.24, 2.45) is 0 Å². The summed E-state index contributed by atoms with van der Waals surface area (Å²) in [6.07, 6.45) is 0.503. The molecule has 0 saturated heterocycles. The zero-order valence-corrected chi connectivity index (χ0v) is 15.1. The molecule has 148 valence electrons. The van der Waals surface area contributed by atoms with Crippen molar-refractivity contribution in [2.75, 3.05) is 7.05 Å². The molecule has 10 heteroatoms. The Bertz CT molecular complexity index is 1100. The molecule has 0 aliphatic carbocycles. The number of carbonyl (C=O) groups is 1. The molecule has 0 fully saturated rings. The van der Waals surface area contributed by atoms with Crippen molar-refractivity contribution < 1.29 is 18.0 Å². The molecule has 2 aromatic heterocycles. The van der Waals surface area contributed by atoms with Crippen LogP contribution in [0.1, 0.15) is 10.4 Å². The van der Waals surface area contributed by atoms with E-state index in [-0.39, 0.29) is 11.4 Å². The minimum atomic E-state index is -4.81. The number of hydrogen-bond donors (Lipinski definition) is 3. The molecule has 0 unspecified atom stereocenters. The van der Waals surface area contributed by atoms with E-state index < -0.39 is 17.8 Å². The number of halogens is 3. The maximum absolute atomic E-state index is 12.5. The van der Waals surface area contributed by atoms with Crippen molar-refractivity contribution in [3.8, 4) is 11.4 Å². The Morgan fingerprint density at radius 2 is 1.86 bits per heavy atom. The monoisotopic (exact) mass is 400 g/mol. The Labute approximate surface area is 163 Å². The topological polar surface area (TPSA) is 104 Å². The number of nitrogens with one attached hydrogen (secondary N) is 3. The summed E-state index contributed by atoms with van der Waals surface area (Å²) in [4.78, 5) is 25.0. The first kappa shape index (κ1) is 19.9. The molecule has 0 radical (unpaired) electrons. The van der Waals surface area contributed by atoms with Gasteiger partial charge in [0.05, 0.1) is 5.52 Å². The largest absolute Gasteiger partial charge is 0.432 e. The molecule has 2 heterocycles. The third kappa shape index (κ3) is 4.72. The van der Waals surface area contributed by atoms with E-state index in [1.54, 1.807) is 30.7 Å². The smallest absolute Gasteiger partial charge is 0.375 e. The fraction of sp³-hybridized carbons (Fsp3) is 0.105. The second kappa shape index (κ2) is 8.05. The third-order valence-corrected chi connectivity index (χ3v) is 3.88. The van der Waals surface area contributed by atoms with Gasteiger partial charge < -0.3 is 10.6 Å². The van der Waals surface area contributed by atoms with Gasteiger partial charge in [-0.2, -0.15) is 13.2 Å². The van der Waals surface area contributed by atoms with Gasteiger partial charge in [0.25, 0.3) is 5.91 Å². The number of rotatable bonds is 5. The van der Waals surface area contributed by atoms with Gasteiger partial charge in [-0.1, -0.05) is 6.07 Å². The molecule has 3 aromatic rings. The van der Waals surface area contributed by atoms with E-state index in [4.69, 9.17) is 5.41 Å². The summed E-state index contributed by atoms with van der Waals surface area (Å²) in [6, 6.07) is 8.24. The number of aromatic nitrogens is 3. The molecule has 7 nitrogen and oxygen atoms in total. The first-order valence-corrected chi connectivity index (χ1v) is 8.31. The Balaban J connectivity index is 1.83. The molecule has 0 aliphatic rings. The Hall–Kier alpha value is -3.82. The van der Waals surface area contributed by atoms with Crippen molar-refractivity contribution in [1.82, 2.24) is 25.6 Å². The SMILES string of the molecule is CN/C(=C\C(=N)C(F)(F)F)NC(=O)c1ccc2cc(-c3ncccn3)cnc2c1. The number of amides is 1. The van der Waals surface area contributed by atoms with E-state index >= 15 is 0 Å². The number of benzene rings is 1. The summed E-state index contributed by atoms with van der Waals surface area (Å²) >= 11 is 0. The number of pyridine rings is 1. The molecule has 0 bridgehead atoms. The first-order valence-electron chi connectivity index (χ1n) is 8.31. The van der Waals surface area contributed by atoms with E-state index in [1.807, 2.05) is 6.07 Å². The van der Waals surface area contributed by atoms with Crippen molar-refractivity contribution in [1.29, 1.82) is 5.41 Å². The van der Waals surface area contributed by atoms with Crippen LogP contribution in [0.25, 0.3) is 22.3 Å². The van der Waals surface area contributed by atoms with Crippen LogP contribution in [0, 0.1) is 5.41 Å². The minimum Gasteiger partial charge on any atom is -0.375 e. The zero-order chi connectivity index (χ0) is 21.0. The van der Waals surface area contributed by atoms with Crippen molar-refractivity contribution >= 4 is 22.5 Å². The lowest BCUT2D eigenvalue weighted by molar-refractivity contribution is -0.0584. The second-order valence-corrected chi connectivity index (χ2v) is 5.88. The molecule has 0 aliphatic heterocycles. The highest BCUT2D eigenvalue weighted by Gasteiger charge is 2.33. The average Bonchev–Trinajstić information content (AvgIpc) is 2.72. The van der Waals surface area contributed by atoms with Gasteiger partial charge in [0, 0.05) is 48.2 Å². The van der Waals surface area contributed by atoms with Gasteiger partial charge in [0.15, 0.2) is 5.82 Å². The molecular weight excluding hydrogens is 385 g/mol. The summed E-state index contributed by atoms with van der Waals surface area (Å²) in [5.41, 5.74) is -0.150. The zero-order valence-electron chi connectivity index (χ0n) is 15.1. The summed E-state index contributed by atoms with van der Waals surface area (Å²) in [6.45, 7) is 0. The van der Waals surface area contributed by atoms with E-state index in [0.29, 0.717) is 23.0 Å². The normalized spacial score (nSPS) is 11.9. The molecule has 1 amide bonds. The lowest BCUT2D eigenvalue weighted by Crippen LogP contribution is -2.32. The van der Waals surface area contributed by atoms with Gasteiger partial charge >= 0.3 is 6.18 Å². The van der Waals surface area contributed by atoms with E-state index in [0.717, 1.165) is 5.39 Å². The van der Waals surface area contributed by atoms with Gasteiger partial charge in [0.1, 0.15) is 11.5 Å². The Kier molecular flexibility index (Phi) is 5.53. The van der Waals surface area contributed by atoms with Crippen LogP contribution in [0.15, 0.2) is 60.8 Å². The molecule has 3 rings (SSSR count). The third-order valence-electron chi connectivity index (χ3n) is 3.88. The number of nitrogens with zero attached hydrogens (tertiary/aromatic N) is 3. The maximum Gasteiger partial charge on any atom is 0.432 e. The Morgan fingerprint density at radius 3 is 2.52 bits per heavy atom. The van der Waals surface area contributed by atoms with Crippen LogP contribution in [0.5, 0.6) is 0 Å². The maximum atomic E-state index is 12.5. The number of fused-ring (bicyclic) bond motifs is 1. The number of carbonyl (C=O) groups excluding carboxylic acids is 1. The van der Waals surface area contributed by atoms with Crippen LogP contribution in [0.3, 0.4) is 0 Å². The summed E-state index contributed by atoms with van der Waals surface area (Å²) in [5.74, 6) is -0.374. The number of alkyl halides is 3. The molecular formula is C19H15F3N6O. The predicted octanol–water partition coefficient (Wildman–Crippen LogP) is 3.06. The highest BCUT2D eigenvalue weighted by molar-refractivity contribution is 6.01. The van der Waals surface area contributed by atoms with E-state index in [2.05, 4.69) is 25.6 Å². The lowest BCUT2D eigenvalue weighted by Gasteiger charge is -2.11. The highest BCUT2D eigenvalue weighted by Crippen LogP contribution is 2.21. The summed E-state index contributed by atoms with van der Waals surface area (Å²) in [5, 5.41) is 12.5. The van der Waals surface area contributed by atoms with E-state index in [9.17, 15) is 18.0 Å². The fourth-order valence-electron chi connectivity index (χ4n) is 2.42. The summed E-state index contributed by atoms with van der Waals surface area (Å²) in [7, 11) is 1.34. The summed E-state index contributed by atoms with van der Waals surface area (Å²) < 4.78 is 37.5. The molecule has 1 aromatic carbocycles. The Morgan fingerprint density at radius 1 is 1.14 bits per heavy atom. The highest BCUT2D eigenvalue weighted by atomic mass is 19.4. The standard InChI is InChI=1S/C19H15F3N6O/c1-24-16(9-15(23)19(20,21)22)28-18(29)12-4-3-11-7-13(10-27-14(11)8-12)17-25-5-2-6-26-17/h2-10,23-24H,1H3,(H,28,29)/b16-9+,23-15?. The molecule has 0 saturated carbocycles. The molecule has 0 spiro atoms. The fourth-order valence-corrected chi connectivity index (χ4v) is 2.42. The van der Waals surface area contributed by atoms with Gasteiger partial charge in [-0.05, 0) is 24.3 Å². The van der Waals surface area contributed by atoms with Gasteiger partial charge in [-0.3, -0.25) is 15.2 Å². The number of hydrogen-bond acceptors (Lipinski definition) is 6. The van der Waals surface area contributed by atoms with Crippen LogP contribution in [-0.4, -0.2) is 39.8 Å². The van der Waals surface area contributed by atoms with Crippen molar-refractivity contribution in [3.05, 3.63) is 66.4 Å². The quantitative estimate of drug-likeness (QED) is 0.571. The van der Waals surface area contributed by atoms with Crippen molar-refractivity contribution in [2.45, 2.75) is 6.18 Å². The minimum absolute atomic E-state index is 0.202. The van der Waals surface area contributed by atoms with Crippen LogP contribution >= 0.6 is 0 Å². The van der Waals surface area contributed by atoms with Crippen LogP contribution in [0.2, 0.25) is 0 Å². The van der Waals surface area contributed by atoms with Crippen LogP contribution < -0.4 is 10.6 Å². The average molecular weight is 400 g/mol. The number of allylic oxidation sites excluding steroid dienone is 1. The second-order valence-electron chi connectivity index (χ2n) is 5.88. The predicted molar refractivity (Wildman–Crippen MR) is 101 cm³/mol. The van der Waals surface area contributed by atoms with Crippen LogP contribution in [0.4, 0.5) is 13.2 Å². The molecule has 0 atom stereocenters. The van der Waals surface area contributed by atoms with Crippen LogP contribution in [-0.2, 0) is 0 Å². The lowest BCUT2D eigenvalue weighted by atomic mass is 10.1. The molecule has 3 N–H and O–H groups in total. The van der Waals surface area contributed by atoms with Crippen molar-refractivity contribution in [3.63, 3.8) is 0 Å². The molecule has 29 heavy (non-hydrogen) atoms. The first-order chi connectivity index (χ1) is 13.8.